The summed E-state index contributed by atoms with van der Waals surface area (Å²) in [5, 5.41) is 9.11. The number of hydrogen-bond donors (Lipinski definition) is 0. The van der Waals surface area contributed by atoms with E-state index in [2.05, 4.69) is 15.2 Å². The fraction of sp³-hybridized carbons (Fsp3) is 0.400. The summed E-state index contributed by atoms with van der Waals surface area (Å²) < 4.78 is 86.7. The Labute approximate surface area is 260 Å². The van der Waals surface area contributed by atoms with E-state index in [1.807, 2.05) is 6.08 Å². The molecule has 2 fully saturated rings. The Balaban J connectivity index is 1.32. The lowest BCUT2D eigenvalue weighted by molar-refractivity contribution is -0.140. The Morgan fingerprint density at radius 3 is 2.53 bits per heavy atom. The lowest BCUT2D eigenvalue weighted by Crippen LogP contribution is -2.51. The van der Waals surface area contributed by atoms with E-state index in [1.54, 1.807) is 30.1 Å². The summed E-state index contributed by atoms with van der Waals surface area (Å²) in [6.45, 7) is 0.286. The van der Waals surface area contributed by atoms with Crippen LogP contribution in [0.25, 0.3) is 11.8 Å². The zero-order valence-electron chi connectivity index (χ0n) is 24.0. The molecule has 7 rings (SSSR count). The van der Waals surface area contributed by atoms with E-state index < -0.39 is 45.0 Å². The number of allylic oxidation sites excluding steroid dienone is 1. The van der Waals surface area contributed by atoms with Gasteiger partial charge in [-0.15, -0.1) is 11.3 Å². The van der Waals surface area contributed by atoms with Gasteiger partial charge < -0.3 is 0 Å². The van der Waals surface area contributed by atoms with Gasteiger partial charge in [-0.25, -0.2) is 22.5 Å². The number of alkyl halides is 3. The number of aryl methyl sites for hydroxylation is 1. The molecule has 9 nitrogen and oxygen atoms in total. The van der Waals surface area contributed by atoms with Crippen LogP contribution in [0, 0.1) is 17.2 Å². The third-order valence-corrected chi connectivity index (χ3v) is 11.7. The number of sulfonamides is 1. The largest absolute Gasteiger partial charge is 0.434 e. The quantitative estimate of drug-likeness (QED) is 0.178. The standard InChI is InChI=1S/C30H28F4N6O3S2/c1-38-16-24(14-35-38)45(42,43)39(15-18-2-3-18)23-7-4-20-10-25-19(13-36-40(25)22-8-5-21(31)6-9-22)11-29(20,12-23)27(41)28-37-26(17-44-28)30(32,33)34/h5-6,8-10,13-14,16-18,23H,2-4,7,11-12,15H2,1H3/t23-,29-/m0/s1. The maximum Gasteiger partial charge on any atom is 0.434 e. The van der Waals surface area contributed by atoms with Crippen molar-refractivity contribution in [3.8, 4) is 5.69 Å². The molecule has 0 bridgehead atoms. The van der Waals surface area contributed by atoms with Crippen LogP contribution >= 0.6 is 11.3 Å². The van der Waals surface area contributed by atoms with E-state index in [0.717, 1.165) is 18.2 Å². The van der Waals surface area contributed by atoms with E-state index in [9.17, 15) is 30.8 Å². The number of Topliss-reactive ketones (excluding diaryl/α,β-unsaturated/α-hetero) is 1. The van der Waals surface area contributed by atoms with Crippen LogP contribution in [0.2, 0.25) is 0 Å². The van der Waals surface area contributed by atoms with Crippen LogP contribution in [0.15, 0.2) is 58.7 Å². The number of benzene rings is 1. The normalized spacial score (nSPS) is 21.8. The number of fused-ring (bicyclic) bond motifs is 2. The van der Waals surface area contributed by atoms with Gasteiger partial charge in [0.1, 0.15) is 10.7 Å². The minimum atomic E-state index is -4.71. The van der Waals surface area contributed by atoms with Crippen molar-refractivity contribution in [2.45, 2.75) is 55.6 Å². The maximum atomic E-state index is 14.4. The molecule has 0 aliphatic heterocycles. The van der Waals surface area contributed by atoms with Crippen molar-refractivity contribution in [1.82, 2.24) is 28.9 Å². The molecule has 2 saturated carbocycles. The molecule has 3 aliphatic rings. The summed E-state index contributed by atoms with van der Waals surface area (Å²) >= 11 is 0.642. The van der Waals surface area contributed by atoms with Gasteiger partial charge in [-0.05, 0) is 80.3 Å². The molecule has 3 aliphatic carbocycles. The smallest absolute Gasteiger partial charge is 0.290 e. The Kier molecular flexibility index (Phi) is 7.13. The summed E-state index contributed by atoms with van der Waals surface area (Å²) in [6, 6.07) is 5.20. The SMILES string of the molecule is Cn1cc(S(=O)(=O)N(CC2CC2)[C@H]2CCC3=Cc4c(cnn4-c4ccc(F)cc4)C[C@]3(C(=O)c3nc(C(F)(F)F)cs3)C2)cn1. The highest BCUT2D eigenvalue weighted by atomic mass is 32.2. The minimum absolute atomic E-state index is 0.0496. The van der Waals surface area contributed by atoms with Crippen LogP contribution in [0.3, 0.4) is 0 Å². The van der Waals surface area contributed by atoms with Crippen molar-refractivity contribution in [1.29, 1.82) is 0 Å². The van der Waals surface area contributed by atoms with Gasteiger partial charge in [-0.3, -0.25) is 9.48 Å². The van der Waals surface area contributed by atoms with Crippen molar-refractivity contribution < 1.29 is 30.8 Å². The molecule has 0 N–H and O–H groups in total. The molecule has 4 aromatic rings. The van der Waals surface area contributed by atoms with Crippen molar-refractivity contribution in [3.05, 3.63) is 81.6 Å². The van der Waals surface area contributed by atoms with Crippen LogP contribution in [0.1, 0.15) is 58.9 Å². The Morgan fingerprint density at radius 1 is 1.13 bits per heavy atom. The van der Waals surface area contributed by atoms with Gasteiger partial charge in [0.2, 0.25) is 15.8 Å². The van der Waals surface area contributed by atoms with Crippen LogP contribution in [-0.2, 0) is 29.7 Å². The molecule has 45 heavy (non-hydrogen) atoms. The van der Waals surface area contributed by atoms with Crippen molar-refractivity contribution in [3.63, 3.8) is 0 Å². The third-order valence-electron chi connectivity index (χ3n) is 8.96. The highest BCUT2D eigenvalue weighted by Gasteiger charge is 2.53. The molecule has 0 amide bonds. The number of thiazole rings is 1. The molecule has 0 spiro atoms. The monoisotopic (exact) mass is 660 g/mol. The van der Waals surface area contributed by atoms with Crippen molar-refractivity contribution in [2.75, 3.05) is 6.54 Å². The molecule has 3 heterocycles. The van der Waals surface area contributed by atoms with Crippen LogP contribution in [0.4, 0.5) is 17.6 Å². The Hall–Kier alpha value is -3.69. The van der Waals surface area contributed by atoms with Crippen LogP contribution in [0.5, 0.6) is 0 Å². The molecule has 0 radical (unpaired) electrons. The predicted molar refractivity (Wildman–Crippen MR) is 157 cm³/mol. The van der Waals surface area contributed by atoms with E-state index in [4.69, 9.17) is 0 Å². The number of ketones is 1. The molecule has 3 aromatic heterocycles. The summed E-state index contributed by atoms with van der Waals surface area (Å²) in [6.07, 6.45) is 4.19. The number of nitrogens with zero attached hydrogens (tertiary/aromatic N) is 6. The third kappa shape index (κ3) is 5.33. The van der Waals surface area contributed by atoms with E-state index in [0.29, 0.717) is 46.7 Å². The zero-order chi connectivity index (χ0) is 31.7. The fourth-order valence-corrected chi connectivity index (χ4v) is 9.08. The van der Waals surface area contributed by atoms with Gasteiger partial charge in [0, 0.05) is 31.2 Å². The summed E-state index contributed by atoms with van der Waals surface area (Å²) in [4.78, 5) is 18.2. The topological polar surface area (TPSA) is 103 Å². The average Bonchev–Trinajstić information content (AvgIpc) is 3.33. The van der Waals surface area contributed by atoms with Crippen LogP contribution < -0.4 is 0 Å². The number of carbonyl (C=O) groups is 1. The number of halogens is 4. The lowest BCUT2D eigenvalue weighted by Gasteiger charge is -2.46. The molecular formula is C30H28F4N6O3S2. The fourth-order valence-electron chi connectivity index (χ4n) is 6.50. The molecule has 1 aromatic carbocycles. The van der Waals surface area contributed by atoms with E-state index >= 15 is 0 Å². The van der Waals surface area contributed by atoms with Gasteiger partial charge >= 0.3 is 6.18 Å². The first-order chi connectivity index (χ1) is 21.3. The van der Waals surface area contributed by atoms with Gasteiger partial charge in [0.25, 0.3) is 0 Å². The second-order valence-corrected chi connectivity index (χ2v) is 14.7. The van der Waals surface area contributed by atoms with Gasteiger partial charge in [-0.1, -0.05) is 5.57 Å². The molecule has 15 heteroatoms. The first-order valence-electron chi connectivity index (χ1n) is 14.5. The average molecular weight is 661 g/mol. The van der Waals surface area contributed by atoms with Gasteiger partial charge in [0.05, 0.1) is 29.2 Å². The summed E-state index contributed by atoms with van der Waals surface area (Å²) in [5.74, 6) is -0.774. The molecular weight excluding hydrogens is 632 g/mol. The molecule has 2 atom stereocenters. The summed E-state index contributed by atoms with van der Waals surface area (Å²) in [5.41, 5.74) is 0.184. The molecule has 0 unspecified atom stereocenters. The first-order valence-corrected chi connectivity index (χ1v) is 16.8. The van der Waals surface area contributed by atoms with E-state index in [1.165, 1.54) is 33.5 Å². The number of hydrogen-bond acceptors (Lipinski definition) is 7. The molecule has 0 saturated heterocycles. The summed E-state index contributed by atoms with van der Waals surface area (Å²) in [7, 11) is -2.36. The number of aromatic nitrogens is 5. The predicted octanol–water partition coefficient (Wildman–Crippen LogP) is 5.68. The highest BCUT2D eigenvalue weighted by Crippen LogP contribution is 2.52. The number of carbonyl (C=O) groups excluding carboxylic acids is 1. The van der Waals surface area contributed by atoms with Gasteiger partial charge in [-0.2, -0.15) is 27.7 Å². The second kappa shape index (κ2) is 10.7. The maximum absolute atomic E-state index is 14.4. The van der Waals surface area contributed by atoms with Crippen molar-refractivity contribution >= 4 is 33.2 Å². The van der Waals surface area contributed by atoms with Crippen LogP contribution in [-0.4, -0.2) is 55.6 Å². The van der Waals surface area contributed by atoms with Gasteiger partial charge in [0.15, 0.2) is 10.7 Å². The lowest BCUT2D eigenvalue weighted by atomic mass is 9.61. The number of rotatable bonds is 8. The minimum Gasteiger partial charge on any atom is -0.290 e. The Morgan fingerprint density at radius 2 is 1.89 bits per heavy atom. The molecule has 236 valence electrons. The zero-order valence-corrected chi connectivity index (χ0v) is 25.7. The highest BCUT2D eigenvalue weighted by molar-refractivity contribution is 7.89. The second-order valence-electron chi connectivity index (χ2n) is 12.0. The van der Waals surface area contributed by atoms with Crippen molar-refractivity contribution in [2.24, 2.45) is 18.4 Å². The van der Waals surface area contributed by atoms with E-state index in [-0.39, 0.29) is 35.2 Å². The first kappa shape index (κ1) is 30.0. The Bertz CT molecular complexity index is 1920.